The molecule has 0 aliphatic rings. The molecule has 40 valence electrons. The quantitative estimate of drug-likeness (QED) is 0.295. The van der Waals surface area contributed by atoms with Gasteiger partial charge in [0.2, 0.25) is 0 Å². The normalized spacial score (nSPS) is 0. The van der Waals surface area contributed by atoms with Crippen molar-refractivity contribution in [3.05, 3.63) is 0 Å². The molecule has 0 fully saturated rings. The van der Waals surface area contributed by atoms with E-state index in [0.29, 0.717) is 0 Å². The van der Waals surface area contributed by atoms with Crippen LogP contribution >= 0.6 is 0 Å². The van der Waals surface area contributed by atoms with Crippen molar-refractivity contribution < 1.29 is 33.7 Å². The van der Waals surface area contributed by atoms with Crippen LogP contribution in [-0.2, 0) is 28.0 Å². The fourth-order valence-corrected chi connectivity index (χ4v) is 0. The van der Waals surface area contributed by atoms with Crippen molar-refractivity contribution in [3.8, 4) is 0 Å². The number of hydrogen-bond acceptors (Lipinski definition) is 0. The summed E-state index contributed by atoms with van der Waals surface area (Å²) in [6, 6.07) is 0. The standard InChI is InChI=1S/Bi.Ca.Cu.2O.Pb.Sr.4H/q;2*+2;2*-2;2*+2;4*-1. The molecular weight excluding hydrogens is 639 g/mol. The van der Waals surface area contributed by atoms with Gasteiger partial charge < -0.3 is 16.7 Å². The summed E-state index contributed by atoms with van der Waals surface area (Å²) >= 11 is 0. The largest absolute Gasteiger partial charge is 2.00 e. The molecule has 2 nitrogen and oxygen atoms in total. The van der Waals surface area contributed by atoms with E-state index in [0.717, 1.165) is 0 Å². The van der Waals surface area contributed by atoms with Crippen LogP contribution in [0.3, 0.4) is 0 Å². The van der Waals surface area contributed by atoms with E-state index < -0.39 is 0 Å². The van der Waals surface area contributed by atoms with Crippen LogP contribution in [0.5, 0.6) is 0 Å². The molecule has 0 saturated carbocycles. The monoisotopic (exact) mass is 644 g/mol. The maximum atomic E-state index is 0. The van der Waals surface area contributed by atoms with Gasteiger partial charge in [-0.25, -0.2) is 0 Å². The van der Waals surface area contributed by atoms with E-state index in [4.69, 9.17) is 0 Å². The molecule has 0 aromatic carbocycles. The van der Waals surface area contributed by atoms with Crippen LogP contribution in [0.2, 0.25) is 0 Å². The molecule has 7 heavy (non-hydrogen) atoms. The summed E-state index contributed by atoms with van der Waals surface area (Å²) in [6.07, 6.45) is 0. The van der Waals surface area contributed by atoms with Gasteiger partial charge in [-0.3, -0.25) is 0 Å². The summed E-state index contributed by atoms with van der Waals surface area (Å²) in [5, 5.41) is 0. The smallest absolute Gasteiger partial charge is 2.00 e. The van der Waals surface area contributed by atoms with E-state index in [-0.39, 0.29) is 170 Å². The van der Waals surface area contributed by atoms with Crippen LogP contribution in [0.4, 0.5) is 0 Å². The van der Waals surface area contributed by atoms with Crippen molar-refractivity contribution >= 4 is 137 Å². The van der Waals surface area contributed by atoms with Crippen LogP contribution in [0, 0.1) is 0 Å². The average Bonchev–Trinajstić information content (AvgIpc) is 0. The van der Waals surface area contributed by atoms with Crippen molar-refractivity contribution in [2.24, 2.45) is 0 Å². The molecule has 0 rings (SSSR count). The Morgan fingerprint density at radius 3 is 1.00 bits per heavy atom. The van der Waals surface area contributed by atoms with Crippen LogP contribution in [0.1, 0.15) is 5.71 Å². The molecule has 0 amide bonds. The first-order chi connectivity index (χ1) is 0. The Morgan fingerprint density at radius 1 is 1.00 bits per heavy atom. The molecule has 0 aromatic heterocycles. The van der Waals surface area contributed by atoms with Gasteiger partial charge in [0.25, 0.3) is 0 Å². The molecule has 0 bridgehead atoms. The maximum Gasteiger partial charge on any atom is 2.00 e. The van der Waals surface area contributed by atoms with E-state index >= 15 is 0 Å². The first-order valence-corrected chi connectivity index (χ1v) is 0. The van der Waals surface area contributed by atoms with Gasteiger partial charge in [0.1, 0.15) is 0 Å². The second kappa shape index (κ2) is 44.1. The zero-order valence-corrected chi connectivity index (χ0v) is 17.5. The van der Waals surface area contributed by atoms with E-state index in [1.165, 1.54) is 0 Å². The Balaban J connectivity index is 0. The molecule has 0 heterocycles. The van der Waals surface area contributed by atoms with E-state index in [1.54, 1.807) is 0 Å². The molecule has 6 radical (unpaired) electrons. The van der Waals surface area contributed by atoms with Crippen molar-refractivity contribution in [1.82, 2.24) is 0 Å². The first kappa shape index (κ1) is 58.2. The zero-order valence-electron chi connectivity index (χ0n) is 7.48. The van der Waals surface area contributed by atoms with Gasteiger partial charge >= 0.3 is 128 Å². The predicted octanol–water partition coefficient (Wildman–Crippen LogP) is -1.31. The minimum absolute atomic E-state index is 0. The third-order valence-electron chi connectivity index (χ3n) is 0. The topological polar surface area (TPSA) is 57.0 Å². The summed E-state index contributed by atoms with van der Waals surface area (Å²) in [7, 11) is 0. The maximum absolute atomic E-state index is 0. The van der Waals surface area contributed by atoms with Gasteiger partial charge in [0.15, 0.2) is 0 Å². The fourth-order valence-electron chi connectivity index (χ4n) is 0. The predicted molar refractivity (Wildman–Crippen MR) is 28.8 cm³/mol. The zero-order chi connectivity index (χ0) is 0. The van der Waals surface area contributed by atoms with E-state index in [2.05, 4.69) is 0 Å². The van der Waals surface area contributed by atoms with Crippen LogP contribution in [0.25, 0.3) is 0 Å². The summed E-state index contributed by atoms with van der Waals surface area (Å²) in [6.45, 7) is 0. The molecule has 0 spiro atoms. The summed E-state index contributed by atoms with van der Waals surface area (Å²) in [4.78, 5) is 0. The molecule has 0 saturated heterocycles. The van der Waals surface area contributed by atoms with Gasteiger partial charge in [0, 0.05) is 26.2 Å². The van der Waals surface area contributed by atoms with Gasteiger partial charge in [-0.2, -0.15) is 0 Å². The second-order valence-corrected chi connectivity index (χ2v) is 0. The molecule has 0 aliphatic heterocycles. The van der Waals surface area contributed by atoms with E-state index in [1.807, 2.05) is 0 Å². The fraction of sp³-hybridized carbons (Fsp3) is 0. The van der Waals surface area contributed by atoms with Crippen molar-refractivity contribution in [3.63, 3.8) is 0 Å². The average molecular weight is 643 g/mol. The molecule has 7 heteroatoms. The first-order valence-electron chi connectivity index (χ1n) is 0. The molecule has 0 N–H and O–H groups in total. The Bertz CT molecular complexity index is 28.1. The van der Waals surface area contributed by atoms with Gasteiger partial charge in [-0.05, 0) is 0 Å². The summed E-state index contributed by atoms with van der Waals surface area (Å²) in [5.74, 6) is 0. The second-order valence-electron chi connectivity index (χ2n) is 0. The molecule has 0 aromatic rings. The molecule has 0 unspecified atom stereocenters. The number of hydrogen-bond donors (Lipinski definition) is 0. The Hall–Kier alpha value is 4.98. The Labute approximate surface area is 166 Å². The Kier molecular flexibility index (Phi) is 366. The van der Waals surface area contributed by atoms with Crippen LogP contribution in [-0.4, -0.2) is 137 Å². The minimum Gasteiger partial charge on any atom is -2.00 e. The van der Waals surface area contributed by atoms with Gasteiger partial charge in [-0.1, -0.05) is 0 Å². The van der Waals surface area contributed by atoms with Crippen molar-refractivity contribution in [2.45, 2.75) is 0 Å². The van der Waals surface area contributed by atoms with E-state index in [9.17, 15) is 0 Å². The summed E-state index contributed by atoms with van der Waals surface area (Å²) in [5.41, 5.74) is 0. The van der Waals surface area contributed by atoms with Crippen LogP contribution < -0.4 is 0 Å². The van der Waals surface area contributed by atoms with Crippen LogP contribution in [0.15, 0.2) is 0 Å². The third-order valence-corrected chi connectivity index (χ3v) is 0. The third kappa shape index (κ3) is 35.7. The van der Waals surface area contributed by atoms with Gasteiger partial charge in [0.05, 0.1) is 0 Å². The number of rotatable bonds is 0. The summed E-state index contributed by atoms with van der Waals surface area (Å²) < 4.78 is 0. The minimum atomic E-state index is 0. The SMILES string of the molecule is [Bi].[Ca+2].[Cu+2].[H-].[H-].[H-].[H-].[O-2].[O-2].[Pb+2].[Sr+2]. The van der Waals surface area contributed by atoms with Crippen molar-refractivity contribution in [1.29, 1.82) is 0 Å². The molecular formula is H4BiCaCuO2PbSr. The van der Waals surface area contributed by atoms with Crippen molar-refractivity contribution in [2.75, 3.05) is 0 Å². The molecule has 0 atom stereocenters. The van der Waals surface area contributed by atoms with Gasteiger partial charge in [-0.15, -0.1) is 0 Å². The Morgan fingerprint density at radius 2 is 1.00 bits per heavy atom. The molecule has 0 aliphatic carbocycles.